The summed E-state index contributed by atoms with van der Waals surface area (Å²) in [6.07, 6.45) is 4.61. The fraction of sp³-hybridized carbons (Fsp3) is 0.128. The highest BCUT2D eigenvalue weighted by atomic mass is 32.2. The Balaban J connectivity index is 0.000000190. The SMILES string of the molecule is CC(C)Cc1cccc(-c2cccc(-c3ccccn3)c2)c1.O=S(=O)(Oc1cccc(-c2cccc(-c3ccccn3)c2)c1)C(F)(F)F. The van der Waals surface area contributed by atoms with E-state index in [2.05, 4.69) is 76.5 Å². The average molecular weight is 667 g/mol. The molecule has 244 valence electrons. The Hall–Kier alpha value is -5.28. The first-order valence-electron chi connectivity index (χ1n) is 15.2. The minimum atomic E-state index is -5.71. The van der Waals surface area contributed by atoms with Crippen molar-refractivity contribution in [2.75, 3.05) is 0 Å². The van der Waals surface area contributed by atoms with Gasteiger partial charge in [-0.3, -0.25) is 9.97 Å². The summed E-state index contributed by atoms with van der Waals surface area (Å²) < 4.78 is 63.9. The van der Waals surface area contributed by atoms with E-state index in [-0.39, 0.29) is 0 Å². The number of pyridine rings is 2. The first-order valence-corrected chi connectivity index (χ1v) is 16.6. The Bertz CT molecular complexity index is 2070. The fourth-order valence-electron chi connectivity index (χ4n) is 5.03. The molecule has 0 aliphatic heterocycles. The molecular weight excluding hydrogens is 634 g/mol. The van der Waals surface area contributed by atoms with Gasteiger partial charge in [0.25, 0.3) is 0 Å². The van der Waals surface area contributed by atoms with Gasteiger partial charge in [-0.05, 0) is 88.7 Å². The Morgan fingerprint density at radius 3 is 1.52 bits per heavy atom. The van der Waals surface area contributed by atoms with Crippen LogP contribution < -0.4 is 4.18 Å². The third kappa shape index (κ3) is 8.95. The molecule has 0 unspecified atom stereocenters. The fourth-order valence-corrected chi connectivity index (χ4v) is 5.49. The summed E-state index contributed by atoms with van der Waals surface area (Å²) in [5.41, 5.74) is 3.36. The van der Waals surface area contributed by atoms with E-state index < -0.39 is 21.4 Å². The summed E-state index contributed by atoms with van der Waals surface area (Å²) in [7, 11) is -5.71. The number of hydrogen-bond donors (Lipinski definition) is 0. The van der Waals surface area contributed by atoms with Crippen molar-refractivity contribution in [1.29, 1.82) is 0 Å². The molecule has 0 amide bonds. The number of aromatic nitrogens is 2. The lowest BCUT2D eigenvalue weighted by Gasteiger charge is -2.11. The number of alkyl halides is 3. The standard InChI is InChI=1S/C21H21N.C18H12F3NO3S/c1-16(2)13-17-7-5-8-18(14-17)19-9-6-10-20(15-19)21-11-3-4-12-22-21;19-18(20,21)26(23,24)25-16-8-4-6-14(12-16)13-5-3-7-15(11-13)17-9-1-2-10-22-17/h3-12,14-16H,13H2,1-2H3;1-12H. The molecule has 9 heteroatoms. The van der Waals surface area contributed by atoms with Gasteiger partial charge in [-0.2, -0.15) is 21.6 Å². The van der Waals surface area contributed by atoms with E-state index in [0.717, 1.165) is 35.0 Å². The molecular formula is C39H33F3N2O3S. The normalized spacial score (nSPS) is 11.5. The number of nitrogens with zero attached hydrogens (tertiary/aromatic N) is 2. The number of benzene rings is 4. The van der Waals surface area contributed by atoms with Crippen LogP contribution in [0, 0.1) is 5.92 Å². The van der Waals surface area contributed by atoms with Crippen LogP contribution in [0.3, 0.4) is 0 Å². The summed E-state index contributed by atoms with van der Waals surface area (Å²) in [6, 6.07) is 41.6. The van der Waals surface area contributed by atoms with Gasteiger partial charge in [0.15, 0.2) is 0 Å². The smallest absolute Gasteiger partial charge is 0.376 e. The van der Waals surface area contributed by atoms with Crippen molar-refractivity contribution in [1.82, 2.24) is 9.97 Å². The molecule has 0 radical (unpaired) electrons. The lowest BCUT2D eigenvalue weighted by atomic mass is 9.96. The summed E-state index contributed by atoms with van der Waals surface area (Å²) in [5.74, 6) is 0.262. The zero-order chi connectivity index (χ0) is 34.1. The van der Waals surface area contributed by atoms with Gasteiger partial charge in [-0.1, -0.05) is 98.8 Å². The van der Waals surface area contributed by atoms with Crippen molar-refractivity contribution in [3.8, 4) is 50.5 Å². The maximum absolute atomic E-state index is 12.5. The monoisotopic (exact) mass is 666 g/mol. The second kappa shape index (κ2) is 15.1. The average Bonchev–Trinajstić information content (AvgIpc) is 3.09. The molecule has 2 aromatic heterocycles. The first-order chi connectivity index (χ1) is 23.0. The molecule has 0 aliphatic carbocycles. The van der Waals surface area contributed by atoms with Gasteiger partial charge in [-0.25, -0.2) is 0 Å². The van der Waals surface area contributed by atoms with Crippen LogP contribution in [0.15, 0.2) is 146 Å². The summed E-state index contributed by atoms with van der Waals surface area (Å²) in [4.78, 5) is 8.69. The molecule has 2 heterocycles. The summed E-state index contributed by atoms with van der Waals surface area (Å²) in [6.45, 7) is 4.52. The lowest BCUT2D eigenvalue weighted by Crippen LogP contribution is -2.28. The molecule has 5 nitrogen and oxygen atoms in total. The molecule has 0 aliphatic rings. The second-order valence-electron chi connectivity index (χ2n) is 11.4. The highest BCUT2D eigenvalue weighted by Gasteiger charge is 2.48. The molecule has 0 fully saturated rings. The molecule has 0 spiro atoms. The van der Waals surface area contributed by atoms with Crippen molar-refractivity contribution in [2.24, 2.45) is 5.92 Å². The van der Waals surface area contributed by atoms with Crippen molar-refractivity contribution in [3.63, 3.8) is 0 Å². The van der Waals surface area contributed by atoms with Gasteiger partial charge in [0.1, 0.15) is 5.75 Å². The Morgan fingerprint density at radius 2 is 1.04 bits per heavy atom. The van der Waals surface area contributed by atoms with Crippen LogP contribution in [-0.2, 0) is 16.5 Å². The highest BCUT2D eigenvalue weighted by molar-refractivity contribution is 7.88. The molecule has 6 rings (SSSR count). The van der Waals surface area contributed by atoms with Gasteiger partial charge < -0.3 is 4.18 Å². The van der Waals surface area contributed by atoms with Crippen LogP contribution in [0.25, 0.3) is 44.8 Å². The Kier molecular flexibility index (Phi) is 10.7. The van der Waals surface area contributed by atoms with Crippen LogP contribution in [0.4, 0.5) is 13.2 Å². The first kappa shape index (κ1) is 34.1. The van der Waals surface area contributed by atoms with Crippen LogP contribution in [0.1, 0.15) is 19.4 Å². The van der Waals surface area contributed by atoms with Crippen LogP contribution in [0.2, 0.25) is 0 Å². The van der Waals surface area contributed by atoms with Crippen molar-refractivity contribution >= 4 is 10.1 Å². The molecule has 0 bridgehead atoms. The maximum Gasteiger partial charge on any atom is 0.534 e. The number of rotatable bonds is 8. The predicted octanol–water partition coefficient (Wildman–Crippen LogP) is 10.3. The van der Waals surface area contributed by atoms with Gasteiger partial charge in [0.05, 0.1) is 11.4 Å². The molecule has 4 aromatic carbocycles. The van der Waals surface area contributed by atoms with Gasteiger partial charge in [-0.15, -0.1) is 0 Å². The van der Waals surface area contributed by atoms with Crippen LogP contribution in [0.5, 0.6) is 5.75 Å². The number of halogens is 3. The zero-order valence-corrected chi connectivity index (χ0v) is 27.1. The third-order valence-corrected chi connectivity index (χ3v) is 8.19. The van der Waals surface area contributed by atoms with Crippen LogP contribution in [-0.4, -0.2) is 23.9 Å². The third-order valence-electron chi connectivity index (χ3n) is 7.21. The zero-order valence-electron chi connectivity index (χ0n) is 26.3. The number of hydrogen-bond acceptors (Lipinski definition) is 5. The van der Waals surface area contributed by atoms with Gasteiger partial charge >= 0.3 is 15.6 Å². The quantitative estimate of drug-likeness (QED) is 0.119. The van der Waals surface area contributed by atoms with E-state index in [0.29, 0.717) is 17.0 Å². The molecule has 0 saturated carbocycles. The Morgan fingerprint density at radius 1 is 0.583 bits per heavy atom. The minimum Gasteiger partial charge on any atom is -0.376 e. The second-order valence-corrected chi connectivity index (χ2v) is 12.9. The summed E-state index contributed by atoms with van der Waals surface area (Å²) in [5, 5.41) is 0. The van der Waals surface area contributed by atoms with E-state index in [1.807, 2.05) is 42.6 Å². The van der Waals surface area contributed by atoms with Crippen LogP contribution >= 0.6 is 0 Å². The van der Waals surface area contributed by atoms with Gasteiger partial charge in [0.2, 0.25) is 0 Å². The topological polar surface area (TPSA) is 69.2 Å². The molecule has 0 atom stereocenters. The van der Waals surface area contributed by atoms with Crippen molar-refractivity contribution < 1.29 is 25.8 Å². The minimum absolute atomic E-state index is 0.414. The summed E-state index contributed by atoms with van der Waals surface area (Å²) >= 11 is 0. The van der Waals surface area contributed by atoms with Crippen molar-refractivity contribution in [3.05, 3.63) is 151 Å². The maximum atomic E-state index is 12.5. The largest absolute Gasteiger partial charge is 0.534 e. The highest BCUT2D eigenvalue weighted by Crippen LogP contribution is 2.31. The van der Waals surface area contributed by atoms with E-state index in [4.69, 9.17) is 0 Å². The van der Waals surface area contributed by atoms with E-state index >= 15 is 0 Å². The van der Waals surface area contributed by atoms with E-state index in [9.17, 15) is 21.6 Å². The van der Waals surface area contributed by atoms with E-state index in [1.54, 1.807) is 36.5 Å². The molecule has 48 heavy (non-hydrogen) atoms. The Labute approximate surface area is 278 Å². The predicted molar refractivity (Wildman–Crippen MR) is 184 cm³/mol. The van der Waals surface area contributed by atoms with Gasteiger partial charge in [0, 0.05) is 23.5 Å². The molecule has 0 saturated heterocycles. The molecule has 0 N–H and O–H groups in total. The van der Waals surface area contributed by atoms with E-state index in [1.165, 1.54) is 28.8 Å². The van der Waals surface area contributed by atoms with Crippen molar-refractivity contribution in [2.45, 2.75) is 25.8 Å². The molecule has 6 aromatic rings. The lowest BCUT2D eigenvalue weighted by molar-refractivity contribution is -0.0500.